The molecule has 2 aliphatic heterocycles. The summed E-state index contributed by atoms with van der Waals surface area (Å²) < 4.78 is 34.1. The van der Waals surface area contributed by atoms with Crippen molar-refractivity contribution >= 4 is 34.4 Å². The Labute approximate surface area is 217 Å². The molecule has 12 heteroatoms. The van der Waals surface area contributed by atoms with Crippen molar-refractivity contribution in [2.75, 3.05) is 26.8 Å². The zero-order valence-electron chi connectivity index (χ0n) is 20.9. The number of aromatic nitrogens is 1. The number of likely N-dealkylation sites (tertiary alicyclic amines) is 1. The number of carbonyl (C=O) groups excluding carboxylic acids is 4. The zero-order valence-corrected chi connectivity index (χ0v) is 20.9. The van der Waals surface area contributed by atoms with E-state index in [-0.39, 0.29) is 31.0 Å². The van der Waals surface area contributed by atoms with Gasteiger partial charge in [-0.25, -0.2) is 8.78 Å². The fraction of sp³-hybridized carbons (Fsp3) is 0.538. The van der Waals surface area contributed by atoms with Crippen LogP contribution in [0.4, 0.5) is 8.78 Å². The Balaban J connectivity index is 1.40. The van der Waals surface area contributed by atoms with Gasteiger partial charge < -0.3 is 30.4 Å². The minimum Gasteiger partial charge on any atom is -0.496 e. The summed E-state index contributed by atoms with van der Waals surface area (Å²) in [5, 5.41) is 15.4. The number of rotatable bonds is 8. The van der Waals surface area contributed by atoms with Crippen molar-refractivity contribution in [1.29, 1.82) is 0 Å². The smallest absolute Gasteiger partial charge is 0.271 e. The molecule has 0 bridgehead atoms. The van der Waals surface area contributed by atoms with Crippen molar-refractivity contribution in [2.24, 2.45) is 11.3 Å². The van der Waals surface area contributed by atoms with Gasteiger partial charge in [-0.05, 0) is 43.9 Å². The third kappa shape index (κ3) is 4.50. The van der Waals surface area contributed by atoms with Gasteiger partial charge in [0, 0.05) is 36.3 Å². The maximum absolute atomic E-state index is 14.4. The lowest BCUT2D eigenvalue weighted by Gasteiger charge is -2.28. The average molecular weight is 533 g/mol. The molecular formula is C26H30F2N4O6. The summed E-state index contributed by atoms with van der Waals surface area (Å²) in [6.45, 7) is -0.645. The van der Waals surface area contributed by atoms with E-state index < -0.39 is 60.0 Å². The van der Waals surface area contributed by atoms with Crippen molar-refractivity contribution in [2.45, 2.75) is 50.1 Å². The fourth-order valence-electron chi connectivity index (χ4n) is 5.77. The number of carbonyl (C=O) groups is 4. The number of ether oxygens (including phenoxy) is 1. The molecule has 0 radical (unpaired) electrons. The summed E-state index contributed by atoms with van der Waals surface area (Å²) in [4.78, 5) is 55.8. The molecule has 38 heavy (non-hydrogen) atoms. The highest BCUT2D eigenvalue weighted by Gasteiger charge is 2.75. The molecule has 4 N–H and O–H groups in total. The quantitative estimate of drug-likeness (QED) is 0.405. The number of alkyl halides is 2. The number of fused-ring (bicyclic) bond motifs is 1. The van der Waals surface area contributed by atoms with E-state index in [0.29, 0.717) is 36.0 Å². The summed E-state index contributed by atoms with van der Waals surface area (Å²) in [5.41, 5.74) is -0.780. The fourth-order valence-corrected chi connectivity index (χ4v) is 5.77. The Morgan fingerprint density at radius 2 is 2.08 bits per heavy atom. The first-order valence-corrected chi connectivity index (χ1v) is 12.7. The molecule has 2 aromatic rings. The van der Waals surface area contributed by atoms with Crippen LogP contribution in [0.5, 0.6) is 5.75 Å². The molecule has 5 rings (SSSR count). The van der Waals surface area contributed by atoms with Crippen LogP contribution in [0, 0.1) is 11.3 Å². The lowest BCUT2D eigenvalue weighted by atomic mass is 9.90. The first-order chi connectivity index (χ1) is 18.1. The molecule has 10 nitrogen and oxygen atoms in total. The number of Topliss-reactive ketones (excluding diaryl/α,β-unsaturated/α-hetero) is 1. The number of methoxy groups -OCH3 is 1. The van der Waals surface area contributed by atoms with Crippen LogP contribution < -0.4 is 15.4 Å². The molecule has 1 aromatic heterocycles. The third-order valence-corrected chi connectivity index (χ3v) is 8.06. The van der Waals surface area contributed by atoms with Gasteiger partial charge in [-0.15, -0.1) is 0 Å². The maximum Gasteiger partial charge on any atom is 0.271 e. The van der Waals surface area contributed by atoms with Crippen LogP contribution in [0.1, 0.15) is 42.6 Å². The molecule has 1 spiro atoms. The second-order valence-electron chi connectivity index (χ2n) is 10.5. The minimum absolute atomic E-state index is 0.0270. The van der Waals surface area contributed by atoms with Gasteiger partial charge in [0.15, 0.2) is 5.78 Å². The molecule has 204 valence electrons. The van der Waals surface area contributed by atoms with E-state index in [1.807, 2.05) is 0 Å². The predicted octanol–water partition coefficient (Wildman–Crippen LogP) is 1.38. The number of hydrogen-bond acceptors (Lipinski definition) is 6. The van der Waals surface area contributed by atoms with Crippen LogP contribution in [-0.2, 0) is 14.4 Å². The molecule has 3 fully saturated rings. The van der Waals surface area contributed by atoms with Crippen LogP contribution in [0.15, 0.2) is 24.3 Å². The van der Waals surface area contributed by atoms with E-state index in [4.69, 9.17) is 4.74 Å². The number of piperidine rings is 1. The monoisotopic (exact) mass is 532 g/mol. The zero-order chi connectivity index (χ0) is 27.2. The van der Waals surface area contributed by atoms with Crippen molar-refractivity contribution in [3.8, 4) is 5.75 Å². The molecule has 1 saturated carbocycles. The van der Waals surface area contributed by atoms with Crippen molar-refractivity contribution in [3.05, 3.63) is 30.0 Å². The number of amides is 3. The molecule has 1 aromatic carbocycles. The topological polar surface area (TPSA) is 141 Å². The second kappa shape index (κ2) is 9.64. The number of halogens is 2. The van der Waals surface area contributed by atoms with Crippen LogP contribution in [-0.4, -0.2) is 83.3 Å². The van der Waals surface area contributed by atoms with E-state index in [1.165, 1.54) is 7.11 Å². The highest BCUT2D eigenvalue weighted by molar-refractivity contribution is 6.02. The van der Waals surface area contributed by atoms with Gasteiger partial charge in [-0.3, -0.25) is 19.2 Å². The minimum atomic E-state index is -3.01. The van der Waals surface area contributed by atoms with Crippen LogP contribution in [0.3, 0.4) is 0 Å². The molecule has 2 saturated heterocycles. The standard InChI is InChI=1S/C26H30F2N4O6/c1-38-21-6-2-5-16-15(21)9-18(30-16)24(37)32-13-25(12-26(25,27)28)10-19(32)23(36)31-17(20(34)11-33)8-14-4-3-7-29-22(14)35/h2,5-6,9,14,17,19,30,33H,3-4,7-8,10-13H2,1H3,(H,29,35)(H,31,36)/t14-,17-,19-,25-/m0/s1. The first-order valence-electron chi connectivity index (χ1n) is 12.7. The number of nitrogens with one attached hydrogen (secondary N) is 3. The summed E-state index contributed by atoms with van der Waals surface area (Å²) in [6, 6.07) is 4.32. The van der Waals surface area contributed by atoms with Gasteiger partial charge in [-0.2, -0.15) is 0 Å². The Kier molecular flexibility index (Phi) is 6.62. The average Bonchev–Trinajstić information content (AvgIpc) is 3.25. The number of hydrogen-bond donors (Lipinski definition) is 4. The molecule has 1 aliphatic carbocycles. The summed E-state index contributed by atoms with van der Waals surface area (Å²) in [6.07, 6.45) is 0.507. The largest absolute Gasteiger partial charge is 0.496 e. The van der Waals surface area contributed by atoms with Gasteiger partial charge in [0.25, 0.3) is 11.8 Å². The number of aliphatic hydroxyl groups is 1. The van der Waals surface area contributed by atoms with Crippen LogP contribution in [0.2, 0.25) is 0 Å². The lowest BCUT2D eigenvalue weighted by Crippen LogP contribution is -2.52. The molecule has 3 amide bonds. The van der Waals surface area contributed by atoms with Gasteiger partial charge in [0.2, 0.25) is 11.8 Å². The Bertz CT molecular complexity index is 1300. The number of benzene rings is 1. The van der Waals surface area contributed by atoms with Gasteiger partial charge in [-0.1, -0.05) is 6.07 Å². The SMILES string of the molecule is COc1cccc2[nH]c(C(=O)N3C[C@]4(C[C@H]3C(=O)N[C@@H](C[C@@H]3CCCNC3=O)C(=O)CO)CC4(F)F)cc12. The van der Waals surface area contributed by atoms with E-state index in [0.717, 1.165) is 4.90 Å². The highest BCUT2D eigenvalue weighted by Crippen LogP contribution is 2.66. The summed E-state index contributed by atoms with van der Waals surface area (Å²) in [5.74, 6) is -5.35. The molecular weight excluding hydrogens is 502 g/mol. The Morgan fingerprint density at radius 3 is 2.74 bits per heavy atom. The molecule has 3 heterocycles. The second-order valence-corrected chi connectivity index (χ2v) is 10.5. The number of ketones is 1. The molecule has 3 aliphatic rings. The van der Waals surface area contributed by atoms with Crippen molar-refractivity contribution < 1.29 is 37.8 Å². The number of aliphatic hydroxyl groups excluding tert-OH is 1. The maximum atomic E-state index is 14.4. The lowest BCUT2D eigenvalue weighted by molar-refractivity contribution is -0.133. The summed E-state index contributed by atoms with van der Waals surface area (Å²) >= 11 is 0. The number of H-pyrrole nitrogens is 1. The normalized spacial score (nSPS) is 26.7. The number of aromatic amines is 1. The van der Waals surface area contributed by atoms with E-state index in [2.05, 4.69) is 15.6 Å². The van der Waals surface area contributed by atoms with Gasteiger partial charge >= 0.3 is 0 Å². The van der Waals surface area contributed by atoms with Gasteiger partial charge in [0.1, 0.15) is 24.1 Å². The Morgan fingerprint density at radius 1 is 1.32 bits per heavy atom. The number of nitrogens with zero attached hydrogens (tertiary/aromatic N) is 1. The van der Waals surface area contributed by atoms with E-state index in [1.54, 1.807) is 24.3 Å². The molecule has 4 atom stereocenters. The van der Waals surface area contributed by atoms with Crippen LogP contribution in [0.25, 0.3) is 10.9 Å². The van der Waals surface area contributed by atoms with Crippen molar-refractivity contribution in [1.82, 2.24) is 20.5 Å². The Hall–Kier alpha value is -3.54. The summed E-state index contributed by atoms with van der Waals surface area (Å²) in [7, 11) is 1.49. The first kappa shape index (κ1) is 26.1. The third-order valence-electron chi connectivity index (χ3n) is 8.06. The molecule has 0 unspecified atom stereocenters. The van der Waals surface area contributed by atoms with E-state index >= 15 is 0 Å². The van der Waals surface area contributed by atoms with E-state index in [9.17, 15) is 33.1 Å². The van der Waals surface area contributed by atoms with Crippen LogP contribution >= 0.6 is 0 Å². The highest BCUT2D eigenvalue weighted by atomic mass is 19.3. The van der Waals surface area contributed by atoms with Gasteiger partial charge in [0.05, 0.1) is 18.6 Å². The predicted molar refractivity (Wildman–Crippen MR) is 131 cm³/mol. The van der Waals surface area contributed by atoms with Crippen molar-refractivity contribution in [3.63, 3.8) is 0 Å².